The summed E-state index contributed by atoms with van der Waals surface area (Å²) in [7, 11) is 3.20. The summed E-state index contributed by atoms with van der Waals surface area (Å²) in [4.78, 5) is 28.5. The zero-order valence-electron chi connectivity index (χ0n) is 22.0. The molecule has 0 saturated heterocycles. The number of likely N-dealkylation sites (N-methyl/N-ethyl adjacent to an activating group) is 1. The van der Waals surface area contributed by atoms with Gasteiger partial charge < -0.3 is 36.6 Å². The van der Waals surface area contributed by atoms with Crippen LogP contribution in [0.15, 0.2) is 35.1 Å². The zero-order chi connectivity index (χ0) is 27.8. The molecule has 3 aliphatic rings. The van der Waals surface area contributed by atoms with Gasteiger partial charge in [0.05, 0.1) is 29.3 Å². The average Bonchev–Trinajstić information content (AvgIpc) is 2.78. The molecule has 1 unspecified atom stereocenters. The van der Waals surface area contributed by atoms with Crippen LogP contribution in [0.4, 0.5) is 0 Å². The molecule has 1 fully saturated rings. The number of hydrogen-bond acceptors (Lipinski definition) is 9. The fraction of sp³-hybridized carbons (Fsp3) is 0.556. The highest BCUT2D eigenvalue weighted by atomic mass is 16.3. The number of nitrogens with one attached hydrogen (secondary N) is 1. The van der Waals surface area contributed by atoms with E-state index in [9.17, 15) is 35.1 Å². The lowest BCUT2D eigenvalue weighted by Crippen LogP contribution is -2.75. The van der Waals surface area contributed by atoms with Crippen LogP contribution in [0.25, 0.3) is 5.76 Å². The van der Waals surface area contributed by atoms with Gasteiger partial charge in [-0.15, -0.1) is 0 Å². The van der Waals surface area contributed by atoms with Crippen molar-refractivity contribution < 1.29 is 35.1 Å². The summed E-state index contributed by atoms with van der Waals surface area (Å²) >= 11 is 0. The number of rotatable bonds is 4. The van der Waals surface area contributed by atoms with Crippen molar-refractivity contribution in [1.82, 2.24) is 10.2 Å². The van der Waals surface area contributed by atoms with Gasteiger partial charge in [-0.2, -0.15) is 0 Å². The van der Waals surface area contributed by atoms with Gasteiger partial charge >= 0.3 is 0 Å². The van der Waals surface area contributed by atoms with Gasteiger partial charge in [-0.3, -0.25) is 14.5 Å². The number of phenols is 1. The Bertz CT molecular complexity index is 1210. The van der Waals surface area contributed by atoms with E-state index in [1.54, 1.807) is 33.2 Å². The molecule has 10 heteroatoms. The summed E-state index contributed by atoms with van der Waals surface area (Å²) in [5.74, 6) is -5.85. The molecule has 1 saturated carbocycles. The van der Waals surface area contributed by atoms with E-state index in [-0.39, 0.29) is 34.4 Å². The van der Waals surface area contributed by atoms with Crippen LogP contribution < -0.4 is 11.1 Å². The molecular weight excluding hydrogens is 478 g/mol. The third-order valence-electron chi connectivity index (χ3n) is 8.06. The van der Waals surface area contributed by atoms with E-state index in [4.69, 9.17) is 5.73 Å². The predicted octanol–water partition coefficient (Wildman–Crippen LogP) is 0.931. The fourth-order valence-electron chi connectivity index (χ4n) is 6.46. The molecule has 3 aliphatic carbocycles. The van der Waals surface area contributed by atoms with Crippen LogP contribution in [0.5, 0.6) is 5.75 Å². The summed E-state index contributed by atoms with van der Waals surface area (Å²) in [6.45, 7) is 7.71. The van der Waals surface area contributed by atoms with Crippen molar-refractivity contribution in [3.63, 3.8) is 0 Å². The van der Waals surface area contributed by atoms with Gasteiger partial charge in [0.25, 0.3) is 0 Å². The first-order valence-corrected chi connectivity index (χ1v) is 12.4. The van der Waals surface area contributed by atoms with E-state index in [1.807, 2.05) is 20.8 Å². The number of fused-ring (bicyclic) bond motifs is 3. The first-order valence-electron chi connectivity index (χ1n) is 12.4. The van der Waals surface area contributed by atoms with Crippen molar-refractivity contribution in [2.24, 2.45) is 23.0 Å². The van der Waals surface area contributed by atoms with Gasteiger partial charge in [-0.05, 0) is 37.1 Å². The van der Waals surface area contributed by atoms with Gasteiger partial charge in [0.15, 0.2) is 11.4 Å². The number of phenolic OH excluding ortho intramolecular Hbond substituents is 1. The third kappa shape index (κ3) is 3.85. The SMILES string of the molecule is C[C@H]1c2cccc(O)c2C(O)=C2C(=O)[C@]3(O)C(NCC(C)(C)C)C(C(N)=O)=C(O)[C@@H](N(C)C)[C@@H]3[C@@H](O)[C@@H]21. The van der Waals surface area contributed by atoms with Gasteiger partial charge in [-0.1, -0.05) is 39.8 Å². The van der Waals surface area contributed by atoms with Gasteiger partial charge in [0, 0.05) is 24.0 Å². The molecule has 8 N–H and O–H groups in total. The van der Waals surface area contributed by atoms with E-state index >= 15 is 0 Å². The number of amides is 1. The van der Waals surface area contributed by atoms with Crippen LogP contribution in [0.1, 0.15) is 44.7 Å². The van der Waals surface area contributed by atoms with Crippen molar-refractivity contribution >= 4 is 17.4 Å². The molecule has 202 valence electrons. The second kappa shape index (κ2) is 8.83. The van der Waals surface area contributed by atoms with Crippen LogP contribution >= 0.6 is 0 Å². The minimum atomic E-state index is -2.46. The number of hydrogen-bond donors (Lipinski definition) is 7. The Kier molecular flexibility index (Phi) is 6.48. The first-order chi connectivity index (χ1) is 17.1. The highest BCUT2D eigenvalue weighted by Crippen LogP contribution is 2.56. The molecular formula is C27H37N3O7. The fourth-order valence-corrected chi connectivity index (χ4v) is 6.46. The molecule has 0 spiro atoms. The van der Waals surface area contributed by atoms with Gasteiger partial charge in [-0.25, -0.2) is 0 Å². The highest BCUT2D eigenvalue weighted by Gasteiger charge is 2.68. The Morgan fingerprint density at radius 3 is 2.35 bits per heavy atom. The van der Waals surface area contributed by atoms with Gasteiger partial charge in [0.1, 0.15) is 17.3 Å². The second-order valence-corrected chi connectivity index (χ2v) is 11.9. The lowest BCUT2D eigenvalue weighted by atomic mass is 9.53. The molecule has 0 radical (unpaired) electrons. The highest BCUT2D eigenvalue weighted by molar-refractivity contribution is 6.11. The number of primary amides is 1. The van der Waals surface area contributed by atoms with E-state index in [1.165, 1.54) is 11.0 Å². The number of carbonyl (C=O) groups is 2. The standard InChI is InChI=1S/C27H37N3O7/c1-11-12-8-7-9-13(31)15(12)20(32)16-14(11)21(33)18-19(30(5)6)22(34)17(25(28)36)23(27(18,37)24(16)35)29-10-26(2,3)4/h7-9,11,14,18-19,21,23,29,31-34,37H,10H2,1-6H3,(H2,28,36)/t11-,14+,18+,19-,21-,23?,27+/m0/s1. The Labute approximate surface area is 216 Å². The Hall–Kier alpha value is -2.92. The first kappa shape index (κ1) is 27.1. The Morgan fingerprint density at radius 1 is 1.19 bits per heavy atom. The molecule has 1 amide bonds. The van der Waals surface area contributed by atoms with Gasteiger partial charge in [0.2, 0.25) is 5.91 Å². The molecule has 1 aromatic rings. The molecule has 37 heavy (non-hydrogen) atoms. The Morgan fingerprint density at radius 2 is 1.81 bits per heavy atom. The molecule has 0 aromatic heterocycles. The second-order valence-electron chi connectivity index (χ2n) is 11.9. The number of aliphatic hydroxyl groups excluding tert-OH is 3. The smallest absolute Gasteiger partial charge is 0.249 e. The Balaban J connectivity index is 2.03. The van der Waals surface area contributed by atoms with Crippen molar-refractivity contribution in [2.45, 2.75) is 57.4 Å². The maximum Gasteiger partial charge on any atom is 0.249 e. The third-order valence-corrected chi connectivity index (χ3v) is 8.06. The molecule has 4 rings (SSSR count). The molecule has 1 aromatic carbocycles. The summed E-state index contributed by atoms with van der Waals surface area (Å²) in [5.41, 5.74) is 2.90. The van der Waals surface area contributed by atoms with Crippen LogP contribution in [-0.2, 0) is 9.59 Å². The molecule has 10 nitrogen and oxygen atoms in total. The van der Waals surface area contributed by atoms with Crippen LogP contribution in [0.2, 0.25) is 0 Å². The number of nitrogens with two attached hydrogens (primary N) is 1. The lowest BCUT2D eigenvalue weighted by molar-refractivity contribution is -0.174. The number of Topliss-reactive ketones (excluding diaryl/α,β-unsaturated/α-hetero) is 1. The van der Waals surface area contributed by atoms with Crippen molar-refractivity contribution in [3.8, 4) is 5.75 Å². The molecule has 7 atom stereocenters. The zero-order valence-corrected chi connectivity index (χ0v) is 22.0. The summed E-state index contributed by atoms with van der Waals surface area (Å²) in [5, 5.41) is 60.4. The topological polar surface area (TPSA) is 177 Å². The summed E-state index contributed by atoms with van der Waals surface area (Å²) in [6.07, 6.45) is -1.42. The van der Waals surface area contributed by atoms with Crippen LogP contribution in [0.3, 0.4) is 0 Å². The quantitative estimate of drug-likeness (QED) is 0.307. The predicted molar refractivity (Wildman–Crippen MR) is 137 cm³/mol. The van der Waals surface area contributed by atoms with E-state index < -0.39 is 64.8 Å². The van der Waals surface area contributed by atoms with Crippen LogP contribution in [0, 0.1) is 17.3 Å². The maximum absolute atomic E-state index is 14.3. The van der Waals surface area contributed by atoms with Crippen LogP contribution in [-0.4, -0.2) is 86.6 Å². The number of carbonyl (C=O) groups excluding carboxylic acids is 2. The number of ketones is 1. The molecule has 0 bridgehead atoms. The van der Waals surface area contributed by atoms with Crippen molar-refractivity contribution in [1.29, 1.82) is 0 Å². The number of benzene rings is 1. The van der Waals surface area contributed by atoms with Crippen molar-refractivity contribution in [3.05, 3.63) is 46.2 Å². The maximum atomic E-state index is 14.3. The van der Waals surface area contributed by atoms with E-state index in [2.05, 4.69) is 5.32 Å². The lowest BCUT2D eigenvalue weighted by Gasteiger charge is -2.57. The number of aromatic hydroxyl groups is 1. The monoisotopic (exact) mass is 515 g/mol. The number of nitrogens with zero attached hydrogens (tertiary/aromatic N) is 1. The normalized spacial score (nSPS) is 33.8. The minimum Gasteiger partial charge on any atom is -0.510 e. The largest absolute Gasteiger partial charge is 0.510 e. The summed E-state index contributed by atoms with van der Waals surface area (Å²) < 4.78 is 0. The van der Waals surface area contributed by atoms with E-state index in [0.717, 1.165) is 0 Å². The average molecular weight is 516 g/mol. The number of aliphatic hydroxyl groups is 4. The molecule has 0 aliphatic heterocycles. The van der Waals surface area contributed by atoms with Crippen molar-refractivity contribution in [2.75, 3.05) is 20.6 Å². The van der Waals surface area contributed by atoms with E-state index in [0.29, 0.717) is 5.56 Å². The molecule has 0 heterocycles. The minimum absolute atomic E-state index is 0.0662. The summed E-state index contributed by atoms with van der Waals surface area (Å²) in [6, 6.07) is 2.10.